The van der Waals surface area contributed by atoms with Gasteiger partial charge < -0.3 is 28.4 Å². The molecule has 8 heteroatoms. The third-order valence-electron chi connectivity index (χ3n) is 9.67. The van der Waals surface area contributed by atoms with Gasteiger partial charge in [-0.05, 0) is 82.9 Å². The summed E-state index contributed by atoms with van der Waals surface area (Å²) in [4.78, 5) is 23.2. The van der Waals surface area contributed by atoms with Gasteiger partial charge in [0.1, 0.15) is 23.0 Å². The molecule has 0 N–H and O–H groups in total. The van der Waals surface area contributed by atoms with Gasteiger partial charge in [-0.3, -0.25) is 0 Å². The zero-order valence-electron chi connectivity index (χ0n) is 33.3. The fraction of sp³-hybridized carbons (Fsp3) is 0.176. The Morgan fingerprint density at radius 3 is 1.37 bits per heavy atom. The number of benzene rings is 6. The molecule has 0 aliphatic carbocycles. The van der Waals surface area contributed by atoms with E-state index in [-0.39, 0.29) is 20.0 Å². The van der Waals surface area contributed by atoms with E-state index in [2.05, 4.69) is 98.1 Å². The molecule has 7 rings (SSSR count). The Kier molecular flexibility index (Phi) is 12.9. The Morgan fingerprint density at radius 2 is 0.966 bits per heavy atom. The summed E-state index contributed by atoms with van der Waals surface area (Å²) in [5.41, 5.74) is 6.59. The molecule has 6 aromatic rings. The van der Waals surface area contributed by atoms with Crippen molar-refractivity contribution in [2.45, 2.75) is 26.7 Å². The highest BCUT2D eigenvalue weighted by atomic mass is 16.7. The molecule has 0 saturated heterocycles. The molecule has 1 aliphatic rings. The van der Waals surface area contributed by atoms with Crippen LogP contribution in [0.4, 0.5) is 0 Å². The van der Waals surface area contributed by atoms with Crippen LogP contribution in [0.1, 0.15) is 48.9 Å². The van der Waals surface area contributed by atoms with E-state index in [0.29, 0.717) is 37.2 Å². The number of fused-ring (bicyclic) bond motifs is 7. The van der Waals surface area contributed by atoms with E-state index in [9.17, 15) is 9.59 Å². The van der Waals surface area contributed by atoms with Crippen LogP contribution in [0.15, 0.2) is 133 Å². The SMILES string of the molecule is C=C(C)C(=O)OCCCOc1ccc(/C=C/c2cc3ccccc3c3c2OCOc2c(/C=C/c4ccc(OCCCOC(=O)C(=C)C)cc4)cc4ccccc4c2-3)cc1. The first-order chi connectivity index (χ1) is 28.7. The number of carbonyl (C=O) groups excluding carboxylic acids is 2. The van der Waals surface area contributed by atoms with Gasteiger partial charge in [0, 0.05) is 46.2 Å². The van der Waals surface area contributed by atoms with Crippen LogP contribution >= 0.6 is 0 Å². The fourth-order valence-corrected chi connectivity index (χ4v) is 6.70. The number of carbonyl (C=O) groups is 2. The zero-order valence-corrected chi connectivity index (χ0v) is 33.3. The Morgan fingerprint density at radius 1 is 0.559 bits per heavy atom. The molecule has 0 spiro atoms. The van der Waals surface area contributed by atoms with Crippen LogP contribution in [0.25, 0.3) is 57.0 Å². The van der Waals surface area contributed by atoms with E-state index in [1.165, 1.54) is 0 Å². The van der Waals surface area contributed by atoms with Gasteiger partial charge in [-0.25, -0.2) is 9.59 Å². The van der Waals surface area contributed by atoms with E-state index >= 15 is 0 Å². The highest BCUT2D eigenvalue weighted by molar-refractivity contribution is 6.12. The van der Waals surface area contributed by atoms with Crippen molar-refractivity contribution in [3.8, 4) is 34.1 Å². The third-order valence-corrected chi connectivity index (χ3v) is 9.67. The number of hydrogen-bond donors (Lipinski definition) is 0. The van der Waals surface area contributed by atoms with Gasteiger partial charge in [-0.1, -0.05) is 110 Å². The second-order valence-corrected chi connectivity index (χ2v) is 14.2. The maximum Gasteiger partial charge on any atom is 0.333 e. The van der Waals surface area contributed by atoms with Crippen molar-refractivity contribution < 1.29 is 38.0 Å². The number of rotatable bonds is 16. The molecule has 0 saturated carbocycles. The quantitative estimate of drug-likeness (QED) is 0.0415. The molecule has 298 valence electrons. The van der Waals surface area contributed by atoms with Crippen molar-refractivity contribution in [1.29, 1.82) is 0 Å². The van der Waals surface area contributed by atoms with Crippen molar-refractivity contribution in [3.05, 3.63) is 156 Å². The highest BCUT2D eigenvalue weighted by Gasteiger charge is 2.26. The van der Waals surface area contributed by atoms with Crippen molar-refractivity contribution in [3.63, 3.8) is 0 Å². The summed E-state index contributed by atoms with van der Waals surface area (Å²) in [7, 11) is 0. The summed E-state index contributed by atoms with van der Waals surface area (Å²) in [6, 6.07) is 36.8. The molecule has 0 radical (unpaired) electrons. The largest absolute Gasteiger partial charge is 0.493 e. The predicted octanol–water partition coefficient (Wildman–Crippen LogP) is 11.5. The maximum atomic E-state index is 11.6. The van der Waals surface area contributed by atoms with Gasteiger partial charge in [0.15, 0.2) is 0 Å². The number of esters is 2. The zero-order chi connectivity index (χ0) is 41.1. The normalized spacial score (nSPS) is 12.0. The van der Waals surface area contributed by atoms with Gasteiger partial charge >= 0.3 is 11.9 Å². The van der Waals surface area contributed by atoms with Crippen molar-refractivity contribution in [1.82, 2.24) is 0 Å². The molecule has 0 atom stereocenters. The summed E-state index contributed by atoms with van der Waals surface area (Å²) < 4.78 is 35.1. The summed E-state index contributed by atoms with van der Waals surface area (Å²) >= 11 is 0. The molecular weight excluding hydrogens is 741 g/mol. The van der Waals surface area contributed by atoms with Gasteiger partial charge in [0.25, 0.3) is 0 Å². The Balaban J connectivity index is 1.14. The average molecular weight is 787 g/mol. The molecule has 0 amide bonds. The average Bonchev–Trinajstić information content (AvgIpc) is 3.46. The van der Waals surface area contributed by atoms with Crippen LogP contribution < -0.4 is 18.9 Å². The van der Waals surface area contributed by atoms with E-state index in [1.54, 1.807) is 13.8 Å². The van der Waals surface area contributed by atoms with Crippen LogP contribution in [-0.2, 0) is 19.1 Å². The lowest BCUT2D eigenvalue weighted by Crippen LogP contribution is -2.09. The lowest BCUT2D eigenvalue weighted by molar-refractivity contribution is -0.140. The first-order valence-electron chi connectivity index (χ1n) is 19.6. The van der Waals surface area contributed by atoms with E-state index < -0.39 is 11.9 Å². The first kappa shape index (κ1) is 40.1. The number of ether oxygens (including phenoxy) is 6. The Labute approximate surface area is 344 Å². The summed E-state index contributed by atoms with van der Waals surface area (Å²) in [5.74, 6) is 2.20. The fourth-order valence-electron chi connectivity index (χ4n) is 6.70. The Bertz CT molecular complexity index is 2380. The van der Waals surface area contributed by atoms with Crippen LogP contribution in [0.2, 0.25) is 0 Å². The van der Waals surface area contributed by atoms with Crippen LogP contribution in [-0.4, -0.2) is 45.2 Å². The summed E-state index contributed by atoms with van der Waals surface area (Å²) in [5, 5.41) is 4.30. The summed E-state index contributed by atoms with van der Waals surface area (Å²) in [6.07, 6.45) is 9.46. The van der Waals surface area contributed by atoms with Crippen LogP contribution in [0.3, 0.4) is 0 Å². The first-order valence-corrected chi connectivity index (χ1v) is 19.6. The lowest BCUT2D eigenvalue weighted by Gasteiger charge is -2.17. The van der Waals surface area contributed by atoms with Gasteiger partial charge in [0.05, 0.1) is 26.4 Å². The van der Waals surface area contributed by atoms with Crippen molar-refractivity contribution >= 4 is 57.8 Å². The molecule has 0 unspecified atom stereocenters. The molecule has 0 aromatic heterocycles. The molecule has 1 heterocycles. The third kappa shape index (κ3) is 9.91. The molecule has 0 fully saturated rings. The minimum atomic E-state index is -0.390. The van der Waals surface area contributed by atoms with Crippen molar-refractivity contribution in [2.75, 3.05) is 33.2 Å². The van der Waals surface area contributed by atoms with Gasteiger partial charge in [0.2, 0.25) is 6.79 Å². The van der Waals surface area contributed by atoms with E-state index in [1.807, 2.05) is 48.5 Å². The minimum Gasteiger partial charge on any atom is -0.493 e. The molecule has 8 nitrogen and oxygen atoms in total. The molecular formula is C51H46O8. The maximum absolute atomic E-state index is 11.6. The van der Waals surface area contributed by atoms with Gasteiger partial charge in [-0.15, -0.1) is 0 Å². The van der Waals surface area contributed by atoms with Crippen LogP contribution in [0.5, 0.6) is 23.0 Å². The second-order valence-electron chi connectivity index (χ2n) is 14.2. The van der Waals surface area contributed by atoms with Crippen LogP contribution in [0, 0.1) is 0 Å². The molecule has 59 heavy (non-hydrogen) atoms. The van der Waals surface area contributed by atoms with Gasteiger partial charge in [-0.2, -0.15) is 0 Å². The Hall–Kier alpha value is -7.06. The topological polar surface area (TPSA) is 89.5 Å². The minimum absolute atomic E-state index is 0.0369. The standard InChI is InChI=1S/C51H46O8/c1-34(2)50(52)56-29-9-27-54-42-23-17-36(18-24-42)15-21-40-31-38-11-5-7-13-44(38)46-47-45-14-8-6-12-39(45)32-41(49(47)59-33-58-48(40)46)22-16-37-19-25-43(26-20-37)55-28-10-30-57-51(53)35(3)4/h5-8,11-26,31-32H,1,3,9-10,27-30,33H2,2,4H3/b21-15+,22-16+. The van der Waals surface area contributed by atoms with Crippen molar-refractivity contribution in [2.24, 2.45) is 0 Å². The van der Waals surface area contributed by atoms with E-state index in [4.69, 9.17) is 28.4 Å². The second kappa shape index (κ2) is 18.9. The number of hydrogen-bond acceptors (Lipinski definition) is 8. The highest BCUT2D eigenvalue weighted by Crippen LogP contribution is 2.50. The predicted molar refractivity (Wildman–Crippen MR) is 236 cm³/mol. The molecule has 6 aromatic carbocycles. The lowest BCUT2D eigenvalue weighted by atomic mass is 9.88. The molecule has 1 aliphatic heterocycles. The summed E-state index contributed by atoms with van der Waals surface area (Å²) in [6.45, 7) is 11.9. The molecule has 0 bridgehead atoms. The van der Waals surface area contributed by atoms with E-state index in [0.717, 1.165) is 77.9 Å². The smallest absolute Gasteiger partial charge is 0.333 e. The monoisotopic (exact) mass is 786 g/mol.